The quantitative estimate of drug-likeness (QED) is 0.681. The zero-order chi connectivity index (χ0) is 10.3. The van der Waals surface area contributed by atoms with Gasteiger partial charge < -0.3 is 5.32 Å². The molecule has 0 aliphatic carbocycles. The Labute approximate surface area is 74.2 Å². The third-order valence-corrected chi connectivity index (χ3v) is 3.72. The molecule has 3 nitrogen and oxygen atoms in total. The highest BCUT2D eigenvalue weighted by Gasteiger charge is 2.50. The molecule has 0 unspecified atom stereocenters. The fourth-order valence-electron chi connectivity index (χ4n) is 1.43. The summed E-state index contributed by atoms with van der Waals surface area (Å²) in [5.74, 6) is -1.76. The maximum Gasteiger partial charge on any atom is 0.394 e. The summed E-state index contributed by atoms with van der Waals surface area (Å²) in [5.41, 5.74) is 0. The minimum Gasteiger partial charge on any atom is -0.315 e. The van der Waals surface area contributed by atoms with Crippen LogP contribution in [0.15, 0.2) is 0 Å². The molecular weight excluding hydrogens is 207 g/mol. The first kappa shape index (κ1) is 10.8. The van der Waals surface area contributed by atoms with Gasteiger partial charge in [0.25, 0.3) is 0 Å². The lowest BCUT2D eigenvalue weighted by Gasteiger charge is -2.19. The molecule has 1 aliphatic heterocycles. The molecule has 2 atom stereocenters. The minimum atomic E-state index is -4.43. The van der Waals surface area contributed by atoms with E-state index < -0.39 is 27.2 Å². The smallest absolute Gasteiger partial charge is 0.315 e. The fourth-order valence-corrected chi connectivity index (χ4v) is 2.70. The number of sulfone groups is 1. The van der Waals surface area contributed by atoms with Gasteiger partial charge in [-0.05, 0) is 0 Å². The molecule has 7 heteroatoms. The van der Waals surface area contributed by atoms with Gasteiger partial charge in [-0.3, -0.25) is 0 Å². The molecule has 0 spiro atoms. The highest BCUT2D eigenvalue weighted by Crippen LogP contribution is 2.33. The second-order valence-electron chi connectivity index (χ2n) is 3.17. The van der Waals surface area contributed by atoms with Gasteiger partial charge >= 0.3 is 6.18 Å². The van der Waals surface area contributed by atoms with Gasteiger partial charge in [0.05, 0.1) is 11.2 Å². The fraction of sp³-hybridized carbons (Fsp3) is 1.00. The van der Waals surface area contributed by atoms with Crippen LogP contribution in [0.5, 0.6) is 0 Å². The number of nitrogens with one attached hydrogen (secondary N) is 1. The van der Waals surface area contributed by atoms with Crippen molar-refractivity contribution in [3.63, 3.8) is 0 Å². The molecule has 0 aromatic heterocycles. The monoisotopic (exact) mass is 217 g/mol. The van der Waals surface area contributed by atoms with E-state index in [9.17, 15) is 21.6 Å². The van der Waals surface area contributed by atoms with Gasteiger partial charge in [-0.25, -0.2) is 8.42 Å². The molecule has 0 amide bonds. The lowest BCUT2D eigenvalue weighted by molar-refractivity contribution is -0.167. The number of rotatable bonds is 1. The summed E-state index contributed by atoms with van der Waals surface area (Å²) >= 11 is 0. The molecule has 1 aliphatic rings. The van der Waals surface area contributed by atoms with Gasteiger partial charge in [-0.15, -0.1) is 0 Å². The van der Waals surface area contributed by atoms with E-state index in [-0.39, 0.29) is 13.1 Å². The van der Waals surface area contributed by atoms with Crippen LogP contribution in [-0.4, -0.2) is 39.2 Å². The van der Waals surface area contributed by atoms with Crippen LogP contribution in [0, 0.1) is 5.92 Å². The molecule has 1 N–H and O–H groups in total. The van der Waals surface area contributed by atoms with Crippen LogP contribution in [0.3, 0.4) is 0 Å². The lowest BCUT2D eigenvalue weighted by Crippen LogP contribution is -2.37. The van der Waals surface area contributed by atoms with E-state index in [4.69, 9.17) is 0 Å². The van der Waals surface area contributed by atoms with Gasteiger partial charge in [-0.1, -0.05) is 0 Å². The van der Waals surface area contributed by atoms with Gasteiger partial charge in [0, 0.05) is 19.3 Å². The third-order valence-electron chi connectivity index (χ3n) is 2.13. The van der Waals surface area contributed by atoms with Crippen LogP contribution in [-0.2, 0) is 9.84 Å². The van der Waals surface area contributed by atoms with Crippen molar-refractivity contribution in [3.8, 4) is 0 Å². The average Bonchev–Trinajstić information content (AvgIpc) is 2.27. The average molecular weight is 217 g/mol. The van der Waals surface area contributed by atoms with Crippen molar-refractivity contribution in [3.05, 3.63) is 0 Å². The van der Waals surface area contributed by atoms with Gasteiger partial charge in [0.15, 0.2) is 9.84 Å². The Bertz CT molecular complexity index is 285. The molecule has 13 heavy (non-hydrogen) atoms. The molecule has 1 heterocycles. The summed E-state index contributed by atoms with van der Waals surface area (Å²) in [7, 11) is -3.62. The van der Waals surface area contributed by atoms with Crippen molar-refractivity contribution in [2.45, 2.75) is 11.4 Å². The van der Waals surface area contributed by atoms with Crippen molar-refractivity contribution < 1.29 is 21.6 Å². The summed E-state index contributed by atoms with van der Waals surface area (Å²) in [6, 6.07) is 0. The molecule has 1 fully saturated rings. The van der Waals surface area contributed by atoms with E-state index in [2.05, 4.69) is 5.32 Å². The number of halogens is 3. The Morgan fingerprint density at radius 1 is 1.31 bits per heavy atom. The Hall–Kier alpha value is -0.300. The van der Waals surface area contributed by atoms with Crippen LogP contribution in [0.2, 0.25) is 0 Å². The SMILES string of the molecule is CS(=O)(=O)[C@H]1CNC[C@@H]1C(F)(F)F. The molecule has 1 saturated heterocycles. The van der Waals surface area contributed by atoms with Crippen molar-refractivity contribution in [1.29, 1.82) is 0 Å². The van der Waals surface area contributed by atoms with Gasteiger partial charge in [-0.2, -0.15) is 13.2 Å². The van der Waals surface area contributed by atoms with Crippen molar-refractivity contribution in [2.75, 3.05) is 19.3 Å². The number of alkyl halides is 3. The zero-order valence-corrected chi connectivity index (χ0v) is 7.74. The minimum absolute atomic E-state index is 0.108. The molecule has 0 radical (unpaired) electrons. The lowest BCUT2D eigenvalue weighted by atomic mass is 10.1. The summed E-state index contributed by atoms with van der Waals surface area (Å²) in [6.07, 6.45) is -3.60. The van der Waals surface area contributed by atoms with E-state index in [0.717, 1.165) is 6.26 Å². The first-order chi connectivity index (χ1) is 5.73. The molecule has 78 valence electrons. The highest BCUT2D eigenvalue weighted by atomic mass is 32.2. The largest absolute Gasteiger partial charge is 0.394 e. The molecule has 1 rings (SSSR count). The Kier molecular flexibility index (Phi) is 2.59. The predicted octanol–water partition coefficient (Wildman–Crippen LogP) is 0.181. The van der Waals surface area contributed by atoms with E-state index in [0.29, 0.717) is 0 Å². The summed E-state index contributed by atoms with van der Waals surface area (Å²) in [6.45, 7) is -0.412. The van der Waals surface area contributed by atoms with E-state index in [1.165, 1.54) is 0 Å². The second kappa shape index (κ2) is 3.13. The Balaban J connectivity index is 2.89. The summed E-state index contributed by atoms with van der Waals surface area (Å²) in [5, 5.41) is 1.11. The van der Waals surface area contributed by atoms with Crippen LogP contribution >= 0.6 is 0 Å². The highest BCUT2D eigenvalue weighted by molar-refractivity contribution is 7.91. The maximum atomic E-state index is 12.2. The van der Waals surface area contributed by atoms with E-state index >= 15 is 0 Å². The summed E-state index contributed by atoms with van der Waals surface area (Å²) in [4.78, 5) is 0. The van der Waals surface area contributed by atoms with Crippen LogP contribution < -0.4 is 5.32 Å². The second-order valence-corrected chi connectivity index (χ2v) is 5.44. The van der Waals surface area contributed by atoms with Crippen LogP contribution in [0.25, 0.3) is 0 Å². The van der Waals surface area contributed by atoms with Crippen LogP contribution in [0.1, 0.15) is 0 Å². The van der Waals surface area contributed by atoms with Gasteiger partial charge in [0.2, 0.25) is 0 Å². The Morgan fingerprint density at radius 3 is 2.15 bits per heavy atom. The van der Waals surface area contributed by atoms with Crippen molar-refractivity contribution in [1.82, 2.24) is 5.32 Å². The first-order valence-corrected chi connectivity index (χ1v) is 5.64. The maximum absolute atomic E-state index is 12.2. The topological polar surface area (TPSA) is 46.2 Å². The van der Waals surface area contributed by atoms with Crippen LogP contribution in [0.4, 0.5) is 13.2 Å². The zero-order valence-electron chi connectivity index (χ0n) is 6.93. The van der Waals surface area contributed by atoms with Gasteiger partial charge in [0.1, 0.15) is 0 Å². The van der Waals surface area contributed by atoms with E-state index in [1.807, 2.05) is 0 Å². The Morgan fingerprint density at radius 2 is 1.85 bits per heavy atom. The molecule has 0 bridgehead atoms. The molecule has 0 saturated carbocycles. The number of hydrogen-bond acceptors (Lipinski definition) is 3. The first-order valence-electron chi connectivity index (χ1n) is 3.69. The summed E-state index contributed by atoms with van der Waals surface area (Å²) < 4.78 is 58.6. The molecule has 0 aromatic carbocycles. The number of hydrogen-bond donors (Lipinski definition) is 1. The predicted molar refractivity (Wildman–Crippen MR) is 41.0 cm³/mol. The van der Waals surface area contributed by atoms with Crippen molar-refractivity contribution >= 4 is 9.84 Å². The normalized spacial score (nSPS) is 30.8. The van der Waals surface area contributed by atoms with E-state index in [1.54, 1.807) is 0 Å². The van der Waals surface area contributed by atoms with Crippen molar-refractivity contribution in [2.24, 2.45) is 5.92 Å². The molecule has 0 aromatic rings. The molecular formula is C6H10F3NO2S. The third kappa shape index (κ3) is 2.34. The standard InChI is InChI=1S/C6H10F3NO2S/c1-13(11,12)5-3-10-2-4(5)6(7,8)9/h4-5,10H,2-3H2,1H3/t4-,5-/m0/s1.